The quantitative estimate of drug-likeness (QED) is 0.522. The largest absolute Gasteiger partial charge is 0.0958 e. The van der Waals surface area contributed by atoms with Gasteiger partial charge in [-0.2, -0.15) is 0 Å². The van der Waals surface area contributed by atoms with Crippen molar-refractivity contribution in [1.82, 2.24) is 0 Å². The van der Waals surface area contributed by atoms with E-state index in [2.05, 4.69) is 32.6 Å². The van der Waals surface area contributed by atoms with Crippen LogP contribution >= 0.6 is 0 Å². The average molecular weight is 152 g/mol. The van der Waals surface area contributed by atoms with Gasteiger partial charge in [0.25, 0.3) is 0 Å². The molecule has 0 bridgehead atoms. The van der Waals surface area contributed by atoms with Crippen LogP contribution in [0.3, 0.4) is 0 Å². The number of allylic oxidation sites excluding steroid dienone is 5. The van der Waals surface area contributed by atoms with Gasteiger partial charge in [-0.25, -0.2) is 0 Å². The second kappa shape index (κ2) is 5.96. The Kier molecular flexibility index (Phi) is 6.97. The van der Waals surface area contributed by atoms with Gasteiger partial charge in [0.15, 0.2) is 0 Å². The molecule has 0 spiro atoms. The molecule has 0 amide bonds. The lowest BCUT2D eigenvalue weighted by Gasteiger charge is -1.97. The van der Waals surface area contributed by atoms with Crippen LogP contribution in [-0.4, -0.2) is 0 Å². The predicted molar refractivity (Wildman–Crippen MR) is 54.7 cm³/mol. The van der Waals surface area contributed by atoms with Crippen molar-refractivity contribution in [3.63, 3.8) is 0 Å². The molecule has 0 aliphatic heterocycles. The highest BCUT2D eigenvalue weighted by molar-refractivity contribution is 5.31. The molecule has 0 aromatic rings. The van der Waals surface area contributed by atoms with Crippen LogP contribution in [0.4, 0.5) is 0 Å². The van der Waals surface area contributed by atoms with E-state index < -0.39 is 0 Å². The van der Waals surface area contributed by atoms with E-state index in [1.54, 1.807) is 0 Å². The predicted octanol–water partition coefficient (Wildman–Crippen LogP) is 4.11. The Morgan fingerprint density at radius 3 is 1.91 bits per heavy atom. The molecule has 0 saturated carbocycles. The zero-order valence-corrected chi connectivity index (χ0v) is 7.36. The maximum Gasteiger partial charge on any atom is -0.0395 e. The monoisotopic (exact) mass is 152 g/mol. The highest BCUT2D eigenvalue weighted by atomic mass is 13.9. The van der Waals surface area contributed by atoms with E-state index in [9.17, 15) is 0 Å². The summed E-state index contributed by atoms with van der Waals surface area (Å²) in [6, 6.07) is 0. The maximum absolute atomic E-state index is 3.85. The standard InChI is InChI=1S/C10H16.CH4/c1-6-9(4)7-10(5)8(2)3;/h6-7H,2H2,1,3-5H3;1H4/b9-6+,10-7-;. The van der Waals surface area contributed by atoms with Gasteiger partial charge in [0.1, 0.15) is 0 Å². The molecule has 0 nitrogen and oxygen atoms in total. The fraction of sp³-hybridized carbons (Fsp3) is 0.455. The first-order chi connectivity index (χ1) is 4.57. The molecule has 0 fully saturated rings. The summed E-state index contributed by atoms with van der Waals surface area (Å²) < 4.78 is 0. The zero-order chi connectivity index (χ0) is 8.15. The summed E-state index contributed by atoms with van der Waals surface area (Å²) >= 11 is 0. The van der Waals surface area contributed by atoms with Gasteiger partial charge in [-0.05, 0) is 33.3 Å². The second-order valence-electron chi connectivity index (χ2n) is 2.64. The Balaban J connectivity index is 0. The van der Waals surface area contributed by atoms with Crippen molar-refractivity contribution >= 4 is 0 Å². The van der Waals surface area contributed by atoms with Crippen LogP contribution in [0.5, 0.6) is 0 Å². The van der Waals surface area contributed by atoms with E-state index in [1.807, 2.05) is 13.8 Å². The fourth-order valence-corrected chi connectivity index (χ4v) is 0.548. The number of hydrogen-bond acceptors (Lipinski definition) is 0. The van der Waals surface area contributed by atoms with Gasteiger partial charge in [-0.15, -0.1) is 0 Å². The molecule has 0 atom stereocenters. The highest BCUT2D eigenvalue weighted by Crippen LogP contribution is 2.08. The van der Waals surface area contributed by atoms with E-state index in [-0.39, 0.29) is 7.43 Å². The maximum atomic E-state index is 3.85. The van der Waals surface area contributed by atoms with Gasteiger partial charge in [-0.3, -0.25) is 0 Å². The topological polar surface area (TPSA) is 0 Å². The molecule has 0 heterocycles. The van der Waals surface area contributed by atoms with E-state index in [1.165, 1.54) is 11.1 Å². The molecular formula is C11H20. The minimum atomic E-state index is 0. The Morgan fingerprint density at radius 2 is 1.64 bits per heavy atom. The van der Waals surface area contributed by atoms with Crippen molar-refractivity contribution in [2.75, 3.05) is 0 Å². The molecule has 64 valence electrons. The van der Waals surface area contributed by atoms with Gasteiger partial charge in [0, 0.05) is 0 Å². The van der Waals surface area contributed by atoms with Crippen LogP contribution in [0.1, 0.15) is 35.1 Å². The Labute approximate surface area is 71.3 Å². The number of hydrogen-bond donors (Lipinski definition) is 0. The van der Waals surface area contributed by atoms with E-state index in [0.29, 0.717) is 0 Å². The van der Waals surface area contributed by atoms with Crippen molar-refractivity contribution in [1.29, 1.82) is 0 Å². The third-order valence-electron chi connectivity index (χ3n) is 1.57. The summed E-state index contributed by atoms with van der Waals surface area (Å²) in [4.78, 5) is 0. The Bertz CT molecular complexity index is 180. The van der Waals surface area contributed by atoms with E-state index in [0.717, 1.165) is 5.57 Å². The third-order valence-corrected chi connectivity index (χ3v) is 1.57. The Morgan fingerprint density at radius 1 is 1.18 bits per heavy atom. The summed E-state index contributed by atoms with van der Waals surface area (Å²) in [6.45, 7) is 12.1. The van der Waals surface area contributed by atoms with Crippen molar-refractivity contribution < 1.29 is 0 Å². The van der Waals surface area contributed by atoms with Crippen molar-refractivity contribution in [3.8, 4) is 0 Å². The van der Waals surface area contributed by atoms with Crippen LogP contribution < -0.4 is 0 Å². The van der Waals surface area contributed by atoms with Crippen molar-refractivity contribution in [2.45, 2.75) is 35.1 Å². The Hall–Kier alpha value is -0.780. The van der Waals surface area contributed by atoms with Gasteiger partial charge in [-0.1, -0.05) is 37.3 Å². The minimum Gasteiger partial charge on any atom is -0.0958 e. The first kappa shape index (κ1) is 12.9. The van der Waals surface area contributed by atoms with Crippen LogP contribution in [0.2, 0.25) is 0 Å². The van der Waals surface area contributed by atoms with Crippen LogP contribution in [-0.2, 0) is 0 Å². The second-order valence-corrected chi connectivity index (χ2v) is 2.64. The molecular weight excluding hydrogens is 132 g/mol. The average Bonchev–Trinajstić information content (AvgIpc) is 1.87. The third kappa shape index (κ3) is 5.65. The first-order valence-electron chi connectivity index (χ1n) is 3.55. The summed E-state index contributed by atoms with van der Waals surface area (Å²) in [7, 11) is 0. The molecule has 0 unspecified atom stereocenters. The SMILES string of the molecule is C.C=C(C)/C(C)=C\C(C)=C\C. The van der Waals surface area contributed by atoms with E-state index >= 15 is 0 Å². The number of rotatable bonds is 2. The van der Waals surface area contributed by atoms with Crippen molar-refractivity contribution in [2.24, 2.45) is 0 Å². The molecule has 0 heteroatoms. The molecule has 0 saturated heterocycles. The van der Waals surface area contributed by atoms with Gasteiger partial charge in [0.2, 0.25) is 0 Å². The molecule has 0 aromatic heterocycles. The van der Waals surface area contributed by atoms with Crippen LogP contribution in [0.15, 0.2) is 35.5 Å². The van der Waals surface area contributed by atoms with E-state index in [4.69, 9.17) is 0 Å². The van der Waals surface area contributed by atoms with Gasteiger partial charge in [0.05, 0.1) is 0 Å². The summed E-state index contributed by atoms with van der Waals surface area (Å²) in [6.07, 6.45) is 4.23. The summed E-state index contributed by atoms with van der Waals surface area (Å²) in [5.74, 6) is 0. The van der Waals surface area contributed by atoms with Crippen LogP contribution in [0, 0.1) is 0 Å². The fourth-order valence-electron chi connectivity index (χ4n) is 0.548. The molecule has 0 aliphatic carbocycles. The summed E-state index contributed by atoms with van der Waals surface area (Å²) in [5, 5.41) is 0. The molecule has 0 aromatic carbocycles. The molecule has 0 rings (SSSR count). The lowest BCUT2D eigenvalue weighted by Crippen LogP contribution is -1.77. The molecule has 11 heavy (non-hydrogen) atoms. The minimum absolute atomic E-state index is 0. The van der Waals surface area contributed by atoms with Crippen LogP contribution in [0.25, 0.3) is 0 Å². The molecule has 0 aliphatic rings. The van der Waals surface area contributed by atoms with Gasteiger partial charge >= 0.3 is 0 Å². The first-order valence-corrected chi connectivity index (χ1v) is 3.55. The zero-order valence-electron chi connectivity index (χ0n) is 7.36. The molecule has 0 radical (unpaired) electrons. The smallest absolute Gasteiger partial charge is 0.0395 e. The normalized spacial score (nSPS) is 12.4. The van der Waals surface area contributed by atoms with Crippen molar-refractivity contribution in [3.05, 3.63) is 35.5 Å². The lowest BCUT2D eigenvalue weighted by atomic mass is 10.1. The van der Waals surface area contributed by atoms with Gasteiger partial charge < -0.3 is 0 Å². The highest BCUT2D eigenvalue weighted by Gasteiger charge is 1.87. The lowest BCUT2D eigenvalue weighted by molar-refractivity contribution is 1.33. The summed E-state index contributed by atoms with van der Waals surface area (Å²) in [5.41, 5.74) is 3.69. The molecule has 0 N–H and O–H groups in total.